The van der Waals surface area contributed by atoms with E-state index >= 15 is 0 Å². The molecule has 0 unspecified atom stereocenters. The molecule has 0 atom stereocenters. The standard InChI is InChI=1S/C12H18N2O5S/c1-3-19-12(15)6-7-20(16,17)14-9-4-5-11(18-2)10(13)8-9/h4-5,8,14H,3,6-7,13H2,1-2H3. The Morgan fingerprint density at radius 2 is 2.10 bits per heavy atom. The average molecular weight is 302 g/mol. The maximum absolute atomic E-state index is 11.8. The third-order valence-electron chi connectivity index (χ3n) is 2.38. The van der Waals surface area contributed by atoms with Crippen LogP contribution in [-0.2, 0) is 19.6 Å². The molecule has 0 amide bonds. The van der Waals surface area contributed by atoms with Gasteiger partial charge in [0.1, 0.15) is 5.75 Å². The van der Waals surface area contributed by atoms with Crippen molar-refractivity contribution in [2.45, 2.75) is 13.3 Å². The molecule has 1 rings (SSSR count). The first-order valence-electron chi connectivity index (χ1n) is 5.97. The number of benzene rings is 1. The third-order valence-corrected chi connectivity index (χ3v) is 3.67. The van der Waals surface area contributed by atoms with Crippen LogP contribution in [0, 0.1) is 0 Å². The molecule has 0 aromatic heterocycles. The van der Waals surface area contributed by atoms with E-state index in [4.69, 9.17) is 10.5 Å². The lowest BCUT2D eigenvalue weighted by molar-refractivity contribution is -0.142. The van der Waals surface area contributed by atoms with Gasteiger partial charge in [-0.15, -0.1) is 0 Å². The van der Waals surface area contributed by atoms with Gasteiger partial charge in [-0.1, -0.05) is 0 Å². The van der Waals surface area contributed by atoms with Gasteiger partial charge in [-0.3, -0.25) is 9.52 Å². The molecular formula is C12H18N2O5S. The molecule has 0 saturated carbocycles. The molecule has 0 radical (unpaired) electrons. The smallest absolute Gasteiger partial charge is 0.306 e. The number of hydrogen-bond donors (Lipinski definition) is 2. The summed E-state index contributed by atoms with van der Waals surface area (Å²) in [5, 5.41) is 0. The summed E-state index contributed by atoms with van der Waals surface area (Å²) in [6.07, 6.45) is -0.200. The van der Waals surface area contributed by atoms with E-state index < -0.39 is 16.0 Å². The van der Waals surface area contributed by atoms with E-state index in [1.807, 2.05) is 0 Å². The Kier molecular flexibility index (Phi) is 5.63. The van der Waals surface area contributed by atoms with Crippen LogP contribution in [-0.4, -0.2) is 33.9 Å². The third kappa shape index (κ3) is 4.96. The zero-order valence-electron chi connectivity index (χ0n) is 11.4. The van der Waals surface area contributed by atoms with E-state index in [9.17, 15) is 13.2 Å². The maximum Gasteiger partial charge on any atom is 0.306 e. The molecule has 8 heteroatoms. The fraction of sp³-hybridized carbons (Fsp3) is 0.417. The molecule has 20 heavy (non-hydrogen) atoms. The first kappa shape index (κ1) is 16.1. The normalized spacial score (nSPS) is 10.9. The molecule has 1 aromatic carbocycles. The largest absolute Gasteiger partial charge is 0.495 e. The Hall–Kier alpha value is -1.96. The first-order valence-corrected chi connectivity index (χ1v) is 7.63. The van der Waals surface area contributed by atoms with Gasteiger partial charge in [0.2, 0.25) is 10.0 Å². The Morgan fingerprint density at radius 1 is 1.40 bits per heavy atom. The summed E-state index contributed by atoms with van der Waals surface area (Å²) in [6.45, 7) is 1.88. The van der Waals surface area contributed by atoms with Crippen LogP contribution in [0.15, 0.2) is 18.2 Å². The SMILES string of the molecule is CCOC(=O)CCS(=O)(=O)Nc1ccc(OC)c(N)c1. The fourth-order valence-corrected chi connectivity index (χ4v) is 2.50. The van der Waals surface area contributed by atoms with Crippen LogP contribution in [0.3, 0.4) is 0 Å². The van der Waals surface area contributed by atoms with Gasteiger partial charge in [-0.25, -0.2) is 8.42 Å². The number of rotatable bonds is 7. The number of methoxy groups -OCH3 is 1. The summed E-state index contributed by atoms with van der Waals surface area (Å²) >= 11 is 0. The van der Waals surface area contributed by atoms with Gasteiger partial charge in [0.05, 0.1) is 37.3 Å². The van der Waals surface area contributed by atoms with Crippen LogP contribution in [0.2, 0.25) is 0 Å². The number of anilines is 2. The summed E-state index contributed by atoms with van der Waals surface area (Å²) in [5.41, 5.74) is 6.31. The summed E-state index contributed by atoms with van der Waals surface area (Å²) < 4.78 is 35.5. The number of carbonyl (C=O) groups is 1. The summed E-state index contributed by atoms with van der Waals surface area (Å²) in [6, 6.07) is 4.52. The van der Waals surface area contributed by atoms with Crippen LogP contribution in [0.25, 0.3) is 0 Å². The summed E-state index contributed by atoms with van der Waals surface area (Å²) in [4.78, 5) is 11.1. The molecule has 0 fully saturated rings. The molecule has 0 aliphatic heterocycles. The van der Waals surface area contributed by atoms with Crippen LogP contribution in [0.1, 0.15) is 13.3 Å². The Bertz CT molecular complexity index is 571. The number of ether oxygens (including phenoxy) is 2. The van der Waals surface area contributed by atoms with E-state index in [0.29, 0.717) is 17.1 Å². The van der Waals surface area contributed by atoms with Gasteiger partial charge < -0.3 is 15.2 Å². The second-order valence-corrected chi connectivity index (χ2v) is 5.77. The first-order chi connectivity index (χ1) is 9.38. The van der Waals surface area contributed by atoms with Crippen molar-refractivity contribution in [1.82, 2.24) is 0 Å². The predicted octanol–water partition coefficient (Wildman–Crippen LogP) is 0.972. The van der Waals surface area contributed by atoms with Crippen molar-refractivity contribution in [3.8, 4) is 5.75 Å². The lowest BCUT2D eigenvalue weighted by Gasteiger charge is -2.10. The van der Waals surface area contributed by atoms with E-state index in [2.05, 4.69) is 9.46 Å². The molecular weight excluding hydrogens is 284 g/mol. The molecule has 0 aliphatic rings. The Balaban J connectivity index is 2.66. The lowest BCUT2D eigenvalue weighted by Crippen LogP contribution is -2.20. The number of hydrogen-bond acceptors (Lipinski definition) is 6. The minimum Gasteiger partial charge on any atom is -0.495 e. The number of sulfonamides is 1. The molecule has 0 aliphatic carbocycles. The number of nitrogens with two attached hydrogens (primary N) is 1. The summed E-state index contributed by atoms with van der Waals surface area (Å²) in [7, 11) is -2.16. The van der Waals surface area contributed by atoms with E-state index in [1.54, 1.807) is 13.0 Å². The van der Waals surface area contributed by atoms with Crippen LogP contribution in [0.4, 0.5) is 11.4 Å². The van der Waals surface area contributed by atoms with Crippen molar-refractivity contribution in [3.63, 3.8) is 0 Å². The average Bonchev–Trinajstić information content (AvgIpc) is 2.37. The zero-order chi connectivity index (χ0) is 15.2. The lowest BCUT2D eigenvalue weighted by atomic mass is 10.2. The molecule has 0 heterocycles. The summed E-state index contributed by atoms with van der Waals surface area (Å²) in [5.74, 6) is -0.441. The van der Waals surface area contributed by atoms with Crippen LogP contribution >= 0.6 is 0 Å². The predicted molar refractivity (Wildman–Crippen MR) is 76.1 cm³/mol. The van der Waals surface area contributed by atoms with Gasteiger partial charge >= 0.3 is 5.97 Å². The van der Waals surface area contributed by atoms with Crippen molar-refractivity contribution in [2.24, 2.45) is 0 Å². The van der Waals surface area contributed by atoms with Gasteiger partial charge in [-0.2, -0.15) is 0 Å². The minimum absolute atomic E-state index is 0.200. The van der Waals surface area contributed by atoms with Gasteiger partial charge in [0.25, 0.3) is 0 Å². The zero-order valence-corrected chi connectivity index (χ0v) is 12.2. The van der Waals surface area contributed by atoms with Crippen molar-refractivity contribution in [2.75, 3.05) is 29.9 Å². The second-order valence-electron chi connectivity index (χ2n) is 3.93. The topological polar surface area (TPSA) is 108 Å². The number of nitrogens with one attached hydrogen (secondary N) is 1. The second kappa shape index (κ2) is 6.99. The van der Waals surface area contributed by atoms with Crippen molar-refractivity contribution in [1.29, 1.82) is 0 Å². The highest BCUT2D eigenvalue weighted by molar-refractivity contribution is 7.92. The highest BCUT2D eigenvalue weighted by Crippen LogP contribution is 2.25. The van der Waals surface area contributed by atoms with Crippen molar-refractivity contribution in [3.05, 3.63) is 18.2 Å². The van der Waals surface area contributed by atoms with Crippen LogP contribution < -0.4 is 15.2 Å². The molecule has 1 aromatic rings. The quantitative estimate of drug-likeness (QED) is 0.574. The maximum atomic E-state index is 11.8. The molecule has 0 bridgehead atoms. The van der Waals surface area contributed by atoms with E-state index in [1.165, 1.54) is 19.2 Å². The fourth-order valence-electron chi connectivity index (χ4n) is 1.48. The van der Waals surface area contributed by atoms with Crippen LogP contribution in [0.5, 0.6) is 5.75 Å². The molecule has 0 saturated heterocycles. The molecule has 0 spiro atoms. The van der Waals surface area contributed by atoms with Crippen molar-refractivity contribution < 1.29 is 22.7 Å². The molecule has 112 valence electrons. The van der Waals surface area contributed by atoms with Crippen molar-refractivity contribution >= 4 is 27.4 Å². The van der Waals surface area contributed by atoms with E-state index in [0.717, 1.165) is 0 Å². The molecule has 3 N–H and O–H groups in total. The highest BCUT2D eigenvalue weighted by atomic mass is 32.2. The van der Waals surface area contributed by atoms with E-state index in [-0.39, 0.29) is 18.8 Å². The van der Waals surface area contributed by atoms with Gasteiger partial charge in [0, 0.05) is 0 Å². The number of esters is 1. The monoisotopic (exact) mass is 302 g/mol. The molecule has 7 nitrogen and oxygen atoms in total. The van der Waals surface area contributed by atoms with Gasteiger partial charge in [-0.05, 0) is 25.1 Å². The Labute approximate surface area is 118 Å². The Morgan fingerprint density at radius 3 is 2.65 bits per heavy atom. The number of nitrogen functional groups attached to an aromatic ring is 1. The minimum atomic E-state index is -3.63. The number of carbonyl (C=O) groups excluding carboxylic acids is 1. The highest BCUT2D eigenvalue weighted by Gasteiger charge is 2.14. The van der Waals surface area contributed by atoms with Gasteiger partial charge in [0.15, 0.2) is 0 Å².